The summed E-state index contributed by atoms with van der Waals surface area (Å²) in [6.45, 7) is 1.88. The van der Waals surface area contributed by atoms with E-state index in [1.165, 1.54) is 35.0 Å². The lowest BCUT2D eigenvalue weighted by molar-refractivity contribution is -0.138. The molecule has 1 fully saturated rings. The number of fused-ring (bicyclic) bond motifs is 1. The zero-order valence-corrected chi connectivity index (χ0v) is 17.8. The molecule has 0 aliphatic heterocycles. The molecule has 9 heteroatoms. The van der Waals surface area contributed by atoms with Crippen LogP contribution >= 0.6 is 0 Å². The molecule has 3 aromatic rings. The summed E-state index contributed by atoms with van der Waals surface area (Å²) in [7, 11) is 0. The molecule has 0 atom stereocenters. The van der Waals surface area contributed by atoms with Gasteiger partial charge in [0.05, 0.1) is 5.56 Å². The van der Waals surface area contributed by atoms with Crippen LogP contribution in [0.25, 0.3) is 22.0 Å². The molecule has 5 nitrogen and oxygen atoms in total. The van der Waals surface area contributed by atoms with Crippen molar-refractivity contribution in [3.63, 3.8) is 0 Å². The lowest BCUT2D eigenvalue weighted by atomic mass is 9.97. The molecule has 0 bridgehead atoms. The molecule has 4 rings (SSSR count). The average Bonchev–Trinajstić information content (AvgIpc) is 3.54. The monoisotopic (exact) mass is 462 g/mol. The number of rotatable bonds is 7. The zero-order chi connectivity index (χ0) is 23.9. The van der Waals surface area contributed by atoms with Crippen LogP contribution in [0.15, 0.2) is 42.6 Å². The van der Waals surface area contributed by atoms with Gasteiger partial charge >= 0.3 is 12.1 Å². The molecule has 174 valence electrons. The highest BCUT2D eigenvalue weighted by atomic mass is 19.4. The van der Waals surface area contributed by atoms with E-state index >= 15 is 0 Å². The molecule has 0 saturated heterocycles. The number of hydrogen-bond acceptors (Lipinski definition) is 2. The van der Waals surface area contributed by atoms with E-state index < -0.39 is 30.1 Å². The molecule has 1 saturated carbocycles. The third-order valence-corrected chi connectivity index (χ3v) is 5.85. The number of carboxylic acid groups (broad SMARTS) is 1. The molecule has 1 amide bonds. The molecule has 0 unspecified atom stereocenters. The second-order valence-electron chi connectivity index (χ2n) is 8.22. The van der Waals surface area contributed by atoms with E-state index in [9.17, 15) is 32.3 Å². The number of carbonyl (C=O) groups excluding carboxylic acids is 1. The molecule has 2 aromatic carbocycles. The van der Waals surface area contributed by atoms with Crippen molar-refractivity contribution in [2.24, 2.45) is 5.92 Å². The molecule has 33 heavy (non-hydrogen) atoms. The number of halogens is 4. The molecule has 1 aliphatic carbocycles. The van der Waals surface area contributed by atoms with Crippen LogP contribution in [0.2, 0.25) is 0 Å². The molecule has 1 aromatic heterocycles. The maximum Gasteiger partial charge on any atom is 0.416 e. The van der Waals surface area contributed by atoms with Gasteiger partial charge in [-0.2, -0.15) is 13.2 Å². The van der Waals surface area contributed by atoms with E-state index in [-0.39, 0.29) is 23.8 Å². The van der Waals surface area contributed by atoms with Gasteiger partial charge in [-0.05, 0) is 61.2 Å². The first kappa shape index (κ1) is 22.8. The Hall–Kier alpha value is -3.36. The van der Waals surface area contributed by atoms with E-state index in [1.807, 2.05) is 6.92 Å². The summed E-state index contributed by atoms with van der Waals surface area (Å²) in [5, 5.41) is 9.46. The van der Waals surface area contributed by atoms with Crippen LogP contribution in [0.4, 0.5) is 17.6 Å². The van der Waals surface area contributed by atoms with Crippen molar-refractivity contribution < 1.29 is 32.3 Å². The van der Waals surface area contributed by atoms with Gasteiger partial charge in [0.2, 0.25) is 5.91 Å². The second kappa shape index (κ2) is 8.53. The van der Waals surface area contributed by atoms with Gasteiger partial charge in [0.1, 0.15) is 12.4 Å². The lowest BCUT2D eigenvalue weighted by Gasteiger charge is -2.22. The molecular weight excluding hydrogens is 440 g/mol. The Morgan fingerprint density at radius 1 is 1.12 bits per heavy atom. The molecular formula is C24H22F4N2O3. The number of aliphatic carboxylic acids is 1. The van der Waals surface area contributed by atoms with Gasteiger partial charge in [0, 0.05) is 41.7 Å². The lowest BCUT2D eigenvalue weighted by Crippen LogP contribution is -2.31. The Morgan fingerprint density at radius 3 is 2.45 bits per heavy atom. The van der Waals surface area contributed by atoms with Crippen LogP contribution in [-0.4, -0.2) is 33.0 Å². The van der Waals surface area contributed by atoms with E-state index in [0.717, 1.165) is 25.0 Å². The largest absolute Gasteiger partial charge is 0.480 e. The maximum atomic E-state index is 14.2. The summed E-state index contributed by atoms with van der Waals surface area (Å²) in [6, 6.07) is 7.05. The highest BCUT2D eigenvalue weighted by Crippen LogP contribution is 2.38. The number of alkyl halides is 3. The van der Waals surface area contributed by atoms with E-state index in [0.29, 0.717) is 28.8 Å². The van der Waals surface area contributed by atoms with Crippen LogP contribution in [0.1, 0.15) is 30.9 Å². The smallest absolute Gasteiger partial charge is 0.416 e. The fraction of sp³-hybridized carbons (Fsp3) is 0.333. The zero-order valence-electron chi connectivity index (χ0n) is 17.8. The van der Waals surface area contributed by atoms with Gasteiger partial charge < -0.3 is 14.6 Å². The summed E-state index contributed by atoms with van der Waals surface area (Å²) >= 11 is 0. The van der Waals surface area contributed by atoms with Crippen LogP contribution in [0, 0.1) is 11.7 Å². The van der Waals surface area contributed by atoms with Crippen LogP contribution in [0.3, 0.4) is 0 Å². The fourth-order valence-electron chi connectivity index (χ4n) is 4.06. The number of carboxylic acids is 1. The van der Waals surface area contributed by atoms with Gasteiger partial charge in [-0.3, -0.25) is 9.59 Å². The number of aromatic nitrogens is 1. The Balaban J connectivity index is 1.87. The summed E-state index contributed by atoms with van der Waals surface area (Å²) in [6.07, 6.45) is -1.49. The van der Waals surface area contributed by atoms with E-state index in [4.69, 9.17) is 0 Å². The molecule has 0 radical (unpaired) electrons. The first-order valence-corrected chi connectivity index (χ1v) is 10.6. The number of amides is 1. The summed E-state index contributed by atoms with van der Waals surface area (Å²) in [5.41, 5.74) is 0.691. The van der Waals surface area contributed by atoms with Crippen molar-refractivity contribution in [1.82, 2.24) is 9.47 Å². The van der Waals surface area contributed by atoms with Crippen LogP contribution in [0.5, 0.6) is 0 Å². The highest BCUT2D eigenvalue weighted by molar-refractivity contribution is 5.98. The van der Waals surface area contributed by atoms with Crippen molar-refractivity contribution in [1.29, 1.82) is 0 Å². The predicted molar refractivity (Wildman–Crippen MR) is 114 cm³/mol. The third-order valence-electron chi connectivity index (χ3n) is 5.85. The molecule has 1 N–H and O–H groups in total. The molecule has 1 aliphatic rings. The molecule has 0 spiro atoms. The number of carbonyl (C=O) groups is 2. The molecule has 1 heterocycles. The van der Waals surface area contributed by atoms with E-state index in [2.05, 4.69) is 0 Å². The minimum atomic E-state index is -4.58. The average molecular weight is 462 g/mol. The first-order valence-electron chi connectivity index (χ1n) is 10.6. The normalized spacial score (nSPS) is 14.0. The number of benzene rings is 2. The Kier molecular flexibility index (Phi) is 5.90. The van der Waals surface area contributed by atoms with Crippen molar-refractivity contribution in [3.8, 4) is 11.1 Å². The SMILES string of the molecule is CCN(Cc1cc(F)ccc1-c1cn(CC(=O)O)c2ccc(C(F)(F)F)cc12)C(=O)C1CC1. The number of nitrogens with zero attached hydrogens (tertiary/aromatic N) is 2. The summed E-state index contributed by atoms with van der Waals surface area (Å²) < 4.78 is 55.7. The quantitative estimate of drug-likeness (QED) is 0.484. The Labute approximate surface area is 187 Å². The minimum absolute atomic E-state index is 0.0274. The summed E-state index contributed by atoms with van der Waals surface area (Å²) in [5.74, 6) is -1.74. The fourth-order valence-corrected chi connectivity index (χ4v) is 4.06. The minimum Gasteiger partial charge on any atom is -0.480 e. The van der Waals surface area contributed by atoms with Gasteiger partial charge in [-0.15, -0.1) is 0 Å². The van der Waals surface area contributed by atoms with Crippen molar-refractivity contribution >= 4 is 22.8 Å². The van der Waals surface area contributed by atoms with E-state index in [1.54, 1.807) is 4.90 Å². The number of hydrogen-bond donors (Lipinski definition) is 1. The topological polar surface area (TPSA) is 62.5 Å². The standard InChI is InChI=1S/C24H22F4N2O3/c1-2-29(23(33)14-3-4-14)11-15-9-17(25)6-7-18(15)20-12-30(13-22(31)32)21-8-5-16(10-19(20)21)24(26,27)28/h5-10,12,14H,2-4,11,13H2,1H3,(H,31,32). The Morgan fingerprint density at radius 2 is 1.85 bits per heavy atom. The maximum absolute atomic E-state index is 14.2. The van der Waals surface area contributed by atoms with Crippen LogP contribution < -0.4 is 0 Å². The van der Waals surface area contributed by atoms with Crippen molar-refractivity contribution in [3.05, 3.63) is 59.5 Å². The second-order valence-corrected chi connectivity index (χ2v) is 8.22. The third kappa shape index (κ3) is 4.72. The van der Waals surface area contributed by atoms with Gasteiger partial charge in [-0.25, -0.2) is 4.39 Å². The van der Waals surface area contributed by atoms with Crippen molar-refractivity contribution in [2.45, 2.75) is 39.0 Å². The summed E-state index contributed by atoms with van der Waals surface area (Å²) in [4.78, 5) is 25.5. The first-order chi connectivity index (χ1) is 15.6. The van der Waals surface area contributed by atoms with Gasteiger partial charge in [0.15, 0.2) is 0 Å². The highest BCUT2D eigenvalue weighted by Gasteiger charge is 2.34. The van der Waals surface area contributed by atoms with Crippen molar-refractivity contribution in [2.75, 3.05) is 6.54 Å². The van der Waals surface area contributed by atoms with Crippen LogP contribution in [-0.2, 0) is 28.9 Å². The predicted octanol–water partition coefficient (Wildman–Crippen LogP) is 5.31. The van der Waals surface area contributed by atoms with Gasteiger partial charge in [0.25, 0.3) is 0 Å². The van der Waals surface area contributed by atoms with Gasteiger partial charge in [-0.1, -0.05) is 6.07 Å². The Bertz CT molecular complexity index is 1230.